The summed E-state index contributed by atoms with van der Waals surface area (Å²) in [6, 6.07) is 0. The quantitative estimate of drug-likeness (QED) is 0.0219. The summed E-state index contributed by atoms with van der Waals surface area (Å²) in [5.41, 5.74) is 0. The van der Waals surface area contributed by atoms with E-state index >= 15 is 0 Å². The molecule has 0 spiro atoms. The molecule has 0 fully saturated rings. The minimum Gasteiger partial charge on any atom is -0.457 e. The van der Waals surface area contributed by atoms with Gasteiger partial charge in [0.05, 0.1) is 34.4 Å². The maximum atomic E-state index is 12.7. The van der Waals surface area contributed by atoms with Gasteiger partial charge in [-0.05, 0) is 83.5 Å². The van der Waals surface area contributed by atoms with Crippen molar-refractivity contribution in [2.24, 2.45) is 0 Å². The second-order valence-corrected chi connectivity index (χ2v) is 16.4. The van der Waals surface area contributed by atoms with E-state index in [-0.39, 0.29) is 25.8 Å². The van der Waals surface area contributed by atoms with E-state index < -0.39 is 13.9 Å². The van der Waals surface area contributed by atoms with E-state index in [2.05, 4.69) is 98.9 Å². The first-order valence-corrected chi connectivity index (χ1v) is 22.8. The van der Waals surface area contributed by atoms with Gasteiger partial charge < -0.3 is 18.9 Å². The molecule has 0 bridgehead atoms. The van der Waals surface area contributed by atoms with Crippen molar-refractivity contribution in [3.63, 3.8) is 0 Å². The van der Waals surface area contributed by atoms with Crippen LogP contribution >= 0.6 is 7.82 Å². The first-order chi connectivity index (χ1) is 26.6. The molecule has 0 aliphatic rings. The van der Waals surface area contributed by atoms with Crippen molar-refractivity contribution in [2.45, 2.75) is 148 Å². The highest BCUT2D eigenvalue weighted by Gasteiger charge is 2.26. The molecule has 316 valence electrons. The van der Waals surface area contributed by atoms with Gasteiger partial charge in [-0.15, -0.1) is 0 Å². The second-order valence-electron chi connectivity index (χ2n) is 15.0. The summed E-state index contributed by atoms with van der Waals surface area (Å²) in [6.07, 6.45) is 50.6. The molecule has 0 amide bonds. The molecule has 0 aliphatic heterocycles. The lowest BCUT2D eigenvalue weighted by Crippen LogP contribution is -2.37. The van der Waals surface area contributed by atoms with Gasteiger partial charge in [0, 0.05) is 13.0 Å². The lowest BCUT2D eigenvalue weighted by atomic mass is 10.1. The molecule has 0 saturated heterocycles. The summed E-state index contributed by atoms with van der Waals surface area (Å²) in [6.45, 7) is 5.29. The standard InChI is InChI=1S/C46H80NO7P/c1-6-8-10-12-14-16-18-20-21-22-23-24-25-26-28-30-32-34-36-38-41-51-43-45(44-53-55(49,50)52-42-40-47(3,4)5)54-46(48)39-37-35-33-31-29-27-19-17-15-13-11-9-7-2/h8,10,14,16-17,19-21,23-24,26,28,32,34,45H,6-7,9,11-13,15,18,22,25,27,29-31,33,35-44H2,1-5H3/p+1/b10-8-,16-14-,19-17-,21-20-,24-23-,28-26-,34-32-. The number of carbonyl (C=O) groups is 1. The van der Waals surface area contributed by atoms with Crippen molar-refractivity contribution in [3.05, 3.63) is 85.1 Å². The number of hydrogen-bond acceptors (Lipinski definition) is 6. The van der Waals surface area contributed by atoms with Crippen LogP contribution in [0.1, 0.15) is 142 Å². The van der Waals surface area contributed by atoms with Gasteiger partial charge in [-0.2, -0.15) is 0 Å². The Hall–Kier alpha value is -2.32. The number of ether oxygens (including phenoxy) is 2. The third-order valence-electron chi connectivity index (χ3n) is 8.44. The number of hydrogen-bond donors (Lipinski definition) is 1. The zero-order valence-electron chi connectivity index (χ0n) is 35.6. The van der Waals surface area contributed by atoms with Gasteiger partial charge in [0.1, 0.15) is 19.3 Å². The fourth-order valence-corrected chi connectivity index (χ4v) is 5.89. The van der Waals surface area contributed by atoms with Crippen LogP contribution in [0, 0.1) is 0 Å². The smallest absolute Gasteiger partial charge is 0.457 e. The van der Waals surface area contributed by atoms with Crippen molar-refractivity contribution in [2.75, 3.05) is 54.1 Å². The van der Waals surface area contributed by atoms with Gasteiger partial charge in [-0.25, -0.2) is 4.57 Å². The van der Waals surface area contributed by atoms with Gasteiger partial charge in [0.25, 0.3) is 0 Å². The molecule has 0 aromatic rings. The minimum absolute atomic E-state index is 0.0716. The summed E-state index contributed by atoms with van der Waals surface area (Å²) >= 11 is 0. The van der Waals surface area contributed by atoms with E-state index in [1.165, 1.54) is 38.5 Å². The molecule has 0 aromatic carbocycles. The van der Waals surface area contributed by atoms with Crippen LogP contribution in [-0.2, 0) is 27.9 Å². The highest BCUT2D eigenvalue weighted by atomic mass is 31.2. The Kier molecular flexibility index (Phi) is 36.9. The molecule has 0 rings (SSSR count). The molecule has 0 aromatic heterocycles. The van der Waals surface area contributed by atoms with Crippen molar-refractivity contribution in [3.8, 4) is 0 Å². The van der Waals surface area contributed by atoms with Crippen LogP contribution in [0.25, 0.3) is 0 Å². The monoisotopic (exact) mass is 791 g/mol. The first-order valence-electron chi connectivity index (χ1n) is 21.3. The minimum atomic E-state index is -4.30. The van der Waals surface area contributed by atoms with Crippen molar-refractivity contribution in [1.82, 2.24) is 0 Å². The van der Waals surface area contributed by atoms with Crippen LogP contribution in [0.15, 0.2) is 85.1 Å². The van der Waals surface area contributed by atoms with Crippen LogP contribution < -0.4 is 0 Å². The second kappa shape index (κ2) is 38.5. The number of nitrogens with zero attached hydrogens (tertiary/aromatic N) is 1. The number of carbonyl (C=O) groups excluding carboxylic acids is 1. The summed E-state index contributed by atoms with van der Waals surface area (Å²) in [4.78, 5) is 22.8. The third-order valence-corrected chi connectivity index (χ3v) is 9.42. The van der Waals surface area contributed by atoms with E-state index in [0.717, 1.165) is 83.5 Å². The van der Waals surface area contributed by atoms with E-state index in [9.17, 15) is 14.3 Å². The van der Waals surface area contributed by atoms with Gasteiger partial charge in [-0.1, -0.05) is 137 Å². The van der Waals surface area contributed by atoms with Gasteiger partial charge in [-0.3, -0.25) is 13.8 Å². The van der Waals surface area contributed by atoms with Crippen LogP contribution in [0.5, 0.6) is 0 Å². The molecular formula is C46H81NO7P+. The molecule has 1 N–H and O–H groups in total. The van der Waals surface area contributed by atoms with Crippen LogP contribution in [0.4, 0.5) is 0 Å². The highest BCUT2D eigenvalue weighted by Crippen LogP contribution is 2.43. The number of likely N-dealkylation sites (N-methyl/N-ethyl adjacent to an activating group) is 1. The third kappa shape index (κ3) is 42.7. The SMILES string of the molecule is CC/C=C\C/C=C\C/C=C\C/C=C\C/C=C\C/C=C\CCCOCC(COP(=O)(O)OCC[N+](C)(C)C)OC(=O)CCCCCCC/C=C\CCCCCC. The van der Waals surface area contributed by atoms with Gasteiger partial charge >= 0.3 is 13.8 Å². The Labute approximate surface area is 337 Å². The number of unbranched alkanes of at least 4 members (excludes halogenated alkanes) is 10. The molecule has 0 radical (unpaired) electrons. The summed E-state index contributed by atoms with van der Waals surface area (Å²) in [5, 5.41) is 0. The topological polar surface area (TPSA) is 91.3 Å². The molecule has 55 heavy (non-hydrogen) atoms. The number of allylic oxidation sites excluding steroid dienone is 14. The zero-order chi connectivity index (χ0) is 40.6. The summed E-state index contributed by atoms with van der Waals surface area (Å²) in [5.74, 6) is -0.347. The van der Waals surface area contributed by atoms with Crippen molar-refractivity contribution >= 4 is 13.8 Å². The molecule has 0 saturated carbocycles. The fourth-order valence-electron chi connectivity index (χ4n) is 5.15. The molecule has 0 heterocycles. The molecule has 9 heteroatoms. The van der Waals surface area contributed by atoms with E-state index in [1.807, 2.05) is 21.1 Å². The van der Waals surface area contributed by atoms with Gasteiger partial charge in [0.2, 0.25) is 0 Å². The molecule has 0 aliphatic carbocycles. The largest absolute Gasteiger partial charge is 0.472 e. The molecular weight excluding hydrogens is 709 g/mol. The number of quaternary nitrogens is 1. The van der Waals surface area contributed by atoms with E-state index in [0.29, 0.717) is 24.1 Å². The normalized spacial score (nSPS) is 14.7. The average Bonchev–Trinajstić information content (AvgIpc) is 3.13. The predicted octanol–water partition coefficient (Wildman–Crippen LogP) is 12.5. The Morgan fingerprint density at radius 1 is 0.582 bits per heavy atom. The Morgan fingerprint density at radius 2 is 1.05 bits per heavy atom. The molecule has 2 unspecified atom stereocenters. The fraction of sp³-hybridized carbons (Fsp3) is 0.674. The highest BCUT2D eigenvalue weighted by molar-refractivity contribution is 7.47. The van der Waals surface area contributed by atoms with Crippen LogP contribution in [0.2, 0.25) is 0 Å². The Balaban J connectivity index is 4.39. The van der Waals surface area contributed by atoms with Crippen LogP contribution in [-0.4, -0.2) is 75.6 Å². The summed E-state index contributed by atoms with van der Waals surface area (Å²) < 4.78 is 34.8. The number of phosphoric acid groups is 1. The Bertz CT molecular complexity index is 1150. The van der Waals surface area contributed by atoms with E-state index in [1.54, 1.807) is 0 Å². The van der Waals surface area contributed by atoms with Crippen molar-refractivity contribution in [1.29, 1.82) is 0 Å². The maximum Gasteiger partial charge on any atom is 0.472 e. The maximum absolute atomic E-state index is 12.7. The lowest BCUT2D eigenvalue weighted by Gasteiger charge is -2.24. The van der Waals surface area contributed by atoms with E-state index in [4.69, 9.17) is 18.5 Å². The number of rotatable bonds is 38. The number of phosphoric ester groups is 1. The van der Waals surface area contributed by atoms with Crippen LogP contribution in [0.3, 0.4) is 0 Å². The molecule has 2 atom stereocenters. The predicted molar refractivity (Wildman–Crippen MR) is 233 cm³/mol. The number of esters is 1. The van der Waals surface area contributed by atoms with Gasteiger partial charge in [0.15, 0.2) is 0 Å². The average molecular weight is 791 g/mol. The summed E-state index contributed by atoms with van der Waals surface area (Å²) in [7, 11) is 1.61. The zero-order valence-corrected chi connectivity index (χ0v) is 36.5. The first kappa shape index (κ1) is 52.7. The molecule has 8 nitrogen and oxygen atoms in total. The van der Waals surface area contributed by atoms with Crippen molar-refractivity contribution < 1.29 is 37.3 Å². The Morgan fingerprint density at radius 3 is 1.60 bits per heavy atom. The lowest BCUT2D eigenvalue weighted by molar-refractivity contribution is -0.870.